The van der Waals surface area contributed by atoms with E-state index in [2.05, 4.69) is 17.3 Å². The van der Waals surface area contributed by atoms with E-state index in [4.69, 9.17) is 0 Å². The van der Waals surface area contributed by atoms with E-state index in [0.29, 0.717) is 0 Å². The van der Waals surface area contributed by atoms with Crippen LogP contribution < -0.4 is 5.32 Å². The van der Waals surface area contributed by atoms with Gasteiger partial charge in [-0.15, -0.1) is 0 Å². The molecule has 1 N–H and O–H groups in total. The Morgan fingerprint density at radius 2 is 1.74 bits per heavy atom. The van der Waals surface area contributed by atoms with Crippen molar-refractivity contribution in [2.45, 2.75) is 51.0 Å². The molecular weight excluding hydrogens is 232 g/mol. The summed E-state index contributed by atoms with van der Waals surface area (Å²) >= 11 is 0. The molecule has 1 saturated heterocycles. The fourth-order valence-corrected chi connectivity index (χ4v) is 5.89. The number of fused-ring (bicyclic) bond motifs is 5. The molecule has 1 aliphatic heterocycles. The number of nitrogens with one attached hydrogen (secondary N) is 1. The minimum absolute atomic E-state index is 0.893. The van der Waals surface area contributed by atoms with Crippen LogP contribution in [0.25, 0.3) is 0 Å². The average molecular weight is 262 g/mol. The van der Waals surface area contributed by atoms with Crippen LogP contribution in [0.4, 0.5) is 0 Å². The van der Waals surface area contributed by atoms with Crippen molar-refractivity contribution in [3.05, 3.63) is 0 Å². The van der Waals surface area contributed by atoms with Crippen molar-refractivity contribution in [3.8, 4) is 0 Å². The van der Waals surface area contributed by atoms with Crippen LogP contribution in [0, 0.1) is 29.6 Å². The van der Waals surface area contributed by atoms with Gasteiger partial charge in [-0.2, -0.15) is 0 Å². The third kappa shape index (κ3) is 2.25. The van der Waals surface area contributed by atoms with Gasteiger partial charge < -0.3 is 10.2 Å². The van der Waals surface area contributed by atoms with Crippen LogP contribution in [0.15, 0.2) is 0 Å². The predicted molar refractivity (Wildman–Crippen MR) is 79.1 cm³/mol. The third-order valence-corrected chi connectivity index (χ3v) is 6.94. The Bertz CT molecular complexity index is 321. The Labute approximate surface area is 118 Å². The van der Waals surface area contributed by atoms with Crippen molar-refractivity contribution in [1.82, 2.24) is 10.2 Å². The quantitative estimate of drug-likeness (QED) is 0.841. The molecule has 4 fully saturated rings. The zero-order chi connectivity index (χ0) is 12.8. The van der Waals surface area contributed by atoms with E-state index < -0.39 is 0 Å². The number of piperidine rings is 1. The molecule has 4 rings (SSSR count). The normalized spacial score (nSPS) is 46.9. The van der Waals surface area contributed by atoms with Gasteiger partial charge in [-0.1, -0.05) is 6.42 Å². The first-order valence-corrected chi connectivity index (χ1v) is 8.73. The molecule has 2 nitrogen and oxygen atoms in total. The summed E-state index contributed by atoms with van der Waals surface area (Å²) in [5.74, 6) is 5.38. The fourth-order valence-electron chi connectivity index (χ4n) is 5.89. The van der Waals surface area contributed by atoms with Gasteiger partial charge in [0.1, 0.15) is 0 Å². The molecule has 3 aliphatic carbocycles. The highest BCUT2D eigenvalue weighted by molar-refractivity contribution is 5.05. The minimum Gasteiger partial charge on any atom is -0.313 e. The van der Waals surface area contributed by atoms with Gasteiger partial charge in [-0.05, 0) is 94.8 Å². The van der Waals surface area contributed by atoms with E-state index in [0.717, 1.165) is 35.6 Å². The smallest absolute Gasteiger partial charge is 0.0101 e. The van der Waals surface area contributed by atoms with Crippen LogP contribution in [-0.4, -0.2) is 37.6 Å². The molecule has 1 heterocycles. The molecule has 2 bridgehead atoms. The lowest BCUT2D eigenvalue weighted by atomic mass is 9.79. The Morgan fingerprint density at radius 3 is 2.58 bits per heavy atom. The SMILES string of the molecule is CN1CCC(CNC2CC3CC2C2CCCC32)CC1. The highest BCUT2D eigenvalue weighted by Crippen LogP contribution is 2.58. The highest BCUT2D eigenvalue weighted by Gasteiger charge is 2.53. The summed E-state index contributed by atoms with van der Waals surface area (Å²) in [6.45, 7) is 3.93. The summed E-state index contributed by atoms with van der Waals surface area (Å²) in [4.78, 5) is 2.48. The summed E-state index contributed by atoms with van der Waals surface area (Å²) in [7, 11) is 2.26. The minimum atomic E-state index is 0.893. The average Bonchev–Trinajstić information content (AvgIpc) is 3.10. The van der Waals surface area contributed by atoms with Crippen molar-refractivity contribution >= 4 is 0 Å². The molecule has 2 heteroatoms. The van der Waals surface area contributed by atoms with Crippen LogP contribution in [0.5, 0.6) is 0 Å². The van der Waals surface area contributed by atoms with Gasteiger partial charge in [0.05, 0.1) is 0 Å². The predicted octanol–water partition coefficient (Wildman–Crippen LogP) is 2.74. The highest BCUT2D eigenvalue weighted by atomic mass is 15.1. The van der Waals surface area contributed by atoms with Crippen LogP contribution in [0.2, 0.25) is 0 Å². The first-order valence-electron chi connectivity index (χ1n) is 8.73. The molecule has 0 spiro atoms. The summed E-state index contributed by atoms with van der Waals surface area (Å²) < 4.78 is 0. The summed E-state index contributed by atoms with van der Waals surface area (Å²) in [6.07, 6.45) is 10.6. The van der Waals surface area contributed by atoms with Crippen molar-refractivity contribution in [2.24, 2.45) is 29.6 Å². The summed E-state index contributed by atoms with van der Waals surface area (Å²) in [6, 6.07) is 0.893. The maximum Gasteiger partial charge on any atom is 0.0101 e. The second-order valence-corrected chi connectivity index (χ2v) is 7.92. The Hall–Kier alpha value is -0.0800. The standard InChI is InChI=1S/C17H30N2/c1-19-7-5-12(6-8-19)11-18-17-10-13-9-16(17)15-4-2-3-14(13)15/h12-18H,2-11H2,1H3. The molecular formula is C17H30N2. The molecule has 0 aromatic heterocycles. The van der Waals surface area contributed by atoms with E-state index in [9.17, 15) is 0 Å². The van der Waals surface area contributed by atoms with E-state index in [1.165, 1.54) is 45.3 Å². The lowest BCUT2D eigenvalue weighted by Gasteiger charge is -2.35. The molecule has 19 heavy (non-hydrogen) atoms. The molecule has 5 unspecified atom stereocenters. The monoisotopic (exact) mass is 262 g/mol. The summed E-state index contributed by atoms with van der Waals surface area (Å²) in [5.41, 5.74) is 0. The lowest BCUT2D eigenvalue weighted by Crippen LogP contribution is -2.43. The van der Waals surface area contributed by atoms with Gasteiger partial charge in [0, 0.05) is 6.04 Å². The van der Waals surface area contributed by atoms with Crippen LogP contribution >= 0.6 is 0 Å². The van der Waals surface area contributed by atoms with Gasteiger partial charge in [-0.3, -0.25) is 0 Å². The molecule has 3 saturated carbocycles. The third-order valence-electron chi connectivity index (χ3n) is 6.94. The first-order chi connectivity index (χ1) is 9.31. The van der Waals surface area contributed by atoms with Crippen molar-refractivity contribution in [1.29, 1.82) is 0 Å². The largest absolute Gasteiger partial charge is 0.313 e. The molecule has 0 radical (unpaired) electrons. The molecule has 0 aromatic rings. The van der Waals surface area contributed by atoms with Gasteiger partial charge in [-0.25, -0.2) is 0 Å². The number of hydrogen-bond donors (Lipinski definition) is 1. The number of rotatable bonds is 3. The zero-order valence-corrected chi connectivity index (χ0v) is 12.5. The fraction of sp³-hybridized carbons (Fsp3) is 1.00. The van der Waals surface area contributed by atoms with Gasteiger partial charge >= 0.3 is 0 Å². The second kappa shape index (κ2) is 5.04. The second-order valence-electron chi connectivity index (χ2n) is 7.92. The van der Waals surface area contributed by atoms with Crippen molar-refractivity contribution in [3.63, 3.8) is 0 Å². The van der Waals surface area contributed by atoms with Gasteiger partial charge in [0.25, 0.3) is 0 Å². The lowest BCUT2D eigenvalue weighted by molar-refractivity contribution is 0.181. The molecule has 0 amide bonds. The van der Waals surface area contributed by atoms with Crippen LogP contribution in [0.1, 0.15) is 44.9 Å². The number of nitrogens with zero attached hydrogens (tertiary/aromatic N) is 1. The maximum absolute atomic E-state index is 3.99. The van der Waals surface area contributed by atoms with E-state index in [1.807, 2.05) is 0 Å². The topological polar surface area (TPSA) is 15.3 Å². The van der Waals surface area contributed by atoms with E-state index >= 15 is 0 Å². The molecule has 0 aromatic carbocycles. The Balaban J connectivity index is 1.28. The van der Waals surface area contributed by atoms with E-state index in [-0.39, 0.29) is 0 Å². The zero-order valence-electron chi connectivity index (χ0n) is 12.5. The number of hydrogen-bond acceptors (Lipinski definition) is 2. The molecule has 5 atom stereocenters. The summed E-state index contributed by atoms with van der Waals surface area (Å²) in [5, 5.41) is 3.99. The molecule has 4 aliphatic rings. The van der Waals surface area contributed by atoms with Gasteiger partial charge in [0.15, 0.2) is 0 Å². The van der Waals surface area contributed by atoms with Crippen LogP contribution in [0.3, 0.4) is 0 Å². The maximum atomic E-state index is 3.99. The van der Waals surface area contributed by atoms with Crippen molar-refractivity contribution in [2.75, 3.05) is 26.7 Å². The Kier molecular flexibility index (Phi) is 3.35. The first kappa shape index (κ1) is 12.6. The Morgan fingerprint density at radius 1 is 0.947 bits per heavy atom. The molecule has 108 valence electrons. The van der Waals surface area contributed by atoms with Crippen molar-refractivity contribution < 1.29 is 0 Å². The number of likely N-dealkylation sites (tertiary alicyclic amines) is 1. The van der Waals surface area contributed by atoms with E-state index in [1.54, 1.807) is 19.3 Å². The van der Waals surface area contributed by atoms with Gasteiger partial charge in [0.2, 0.25) is 0 Å². The van der Waals surface area contributed by atoms with Crippen LogP contribution in [-0.2, 0) is 0 Å².